The molecule has 1 heterocycles. The van der Waals surface area contributed by atoms with E-state index in [4.69, 9.17) is 9.47 Å². The lowest BCUT2D eigenvalue weighted by molar-refractivity contribution is -0.123. The van der Waals surface area contributed by atoms with Crippen LogP contribution in [0.25, 0.3) is 21.6 Å². The second kappa shape index (κ2) is 13.1. The standard InChI is InChI=1S/C33H37N3O3S/c1-35(2)29-18-16-26(17-19-29)25-14-12-24(13-15-25)22-36(33(37)27-8-5-4-6-9-27)30-11-7-10-28(20-30)31-21-32(34-40-31)39-23-38-3/h7,10-21,27H,4-6,8-9,22-23H2,1-3H3. The van der Waals surface area contributed by atoms with Crippen molar-refractivity contribution in [1.82, 2.24) is 4.37 Å². The molecule has 1 fully saturated rings. The van der Waals surface area contributed by atoms with E-state index < -0.39 is 0 Å². The molecule has 0 radical (unpaired) electrons. The van der Waals surface area contributed by atoms with E-state index in [0.717, 1.165) is 52.9 Å². The number of hydrogen-bond donors (Lipinski definition) is 0. The fourth-order valence-electron chi connectivity index (χ4n) is 5.21. The van der Waals surface area contributed by atoms with Crippen molar-refractivity contribution >= 4 is 28.8 Å². The lowest BCUT2D eigenvalue weighted by atomic mass is 9.88. The van der Waals surface area contributed by atoms with Crippen LogP contribution in [0.5, 0.6) is 5.88 Å². The first-order valence-electron chi connectivity index (χ1n) is 13.9. The SMILES string of the molecule is COCOc1cc(-c2cccc(N(Cc3ccc(-c4ccc(N(C)C)cc4)cc3)C(=O)C3CCCCC3)c2)sn1. The lowest BCUT2D eigenvalue weighted by Crippen LogP contribution is -2.36. The van der Waals surface area contributed by atoms with Gasteiger partial charge in [0.05, 0.1) is 11.4 Å². The maximum Gasteiger partial charge on any atom is 0.230 e. The van der Waals surface area contributed by atoms with Gasteiger partial charge in [-0.2, -0.15) is 4.37 Å². The number of carbonyl (C=O) groups is 1. The number of carbonyl (C=O) groups excluding carboxylic acids is 1. The quantitative estimate of drug-likeness (QED) is 0.188. The average Bonchev–Trinajstić information content (AvgIpc) is 3.48. The zero-order chi connectivity index (χ0) is 27.9. The van der Waals surface area contributed by atoms with Crippen molar-refractivity contribution in [3.05, 3.63) is 84.4 Å². The van der Waals surface area contributed by atoms with Crippen LogP contribution >= 0.6 is 11.5 Å². The first-order valence-corrected chi connectivity index (χ1v) is 14.7. The number of ether oxygens (including phenoxy) is 2. The number of nitrogens with zero attached hydrogens (tertiary/aromatic N) is 3. The number of rotatable bonds is 10. The van der Waals surface area contributed by atoms with Gasteiger partial charge in [0, 0.05) is 44.6 Å². The van der Waals surface area contributed by atoms with Crippen molar-refractivity contribution in [2.45, 2.75) is 38.6 Å². The van der Waals surface area contributed by atoms with Crippen LogP contribution in [0.4, 0.5) is 11.4 Å². The van der Waals surface area contributed by atoms with E-state index in [-0.39, 0.29) is 18.6 Å². The molecule has 1 aromatic heterocycles. The van der Waals surface area contributed by atoms with Gasteiger partial charge in [0.25, 0.3) is 0 Å². The van der Waals surface area contributed by atoms with E-state index in [0.29, 0.717) is 12.4 Å². The molecule has 0 N–H and O–H groups in total. The Morgan fingerprint density at radius 2 is 1.57 bits per heavy atom. The van der Waals surface area contributed by atoms with Gasteiger partial charge in [0.1, 0.15) is 0 Å². The second-order valence-corrected chi connectivity index (χ2v) is 11.3. The van der Waals surface area contributed by atoms with Crippen LogP contribution in [-0.4, -0.2) is 38.3 Å². The van der Waals surface area contributed by atoms with E-state index in [1.165, 1.54) is 29.2 Å². The number of aromatic nitrogens is 1. The monoisotopic (exact) mass is 555 g/mol. The van der Waals surface area contributed by atoms with Crippen LogP contribution < -0.4 is 14.5 Å². The molecule has 7 heteroatoms. The maximum atomic E-state index is 13.9. The van der Waals surface area contributed by atoms with Crippen molar-refractivity contribution in [3.63, 3.8) is 0 Å². The minimum absolute atomic E-state index is 0.0735. The fourth-order valence-corrected chi connectivity index (χ4v) is 5.89. The molecular weight excluding hydrogens is 518 g/mol. The largest absolute Gasteiger partial charge is 0.450 e. The van der Waals surface area contributed by atoms with Gasteiger partial charge in [-0.25, -0.2) is 0 Å². The second-order valence-electron chi connectivity index (χ2n) is 10.5. The summed E-state index contributed by atoms with van der Waals surface area (Å²) in [5, 5.41) is 0. The highest BCUT2D eigenvalue weighted by atomic mass is 32.1. The van der Waals surface area contributed by atoms with E-state index in [9.17, 15) is 4.79 Å². The number of anilines is 2. The molecule has 208 valence electrons. The Morgan fingerprint density at radius 3 is 2.25 bits per heavy atom. The van der Waals surface area contributed by atoms with E-state index in [1.54, 1.807) is 7.11 Å². The number of methoxy groups -OCH3 is 1. The molecule has 1 amide bonds. The summed E-state index contributed by atoms with van der Waals surface area (Å²) in [7, 11) is 5.68. The van der Waals surface area contributed by atoms with Crippen LogP contribution in [0.1, 0.15) is 37.7 Å². The molecule has 3 aromatic carbocycles. The van der Waals surface area contributed by atoms with Crippen molar-refractivity contribution in [2.75, 3.05) is 37.8 Å². The van der Waals surface area contributed by atoms with Crippen molar-refractivity contribution in [2.24, 2.45) is 5.92 Å². The Kier molecular flexibility index (Phi) is 9.14. The van der Waals surface area contributed by atoms with Gasteiger partial charge in [0.2, 0.25) is 11.8 Å². The summed E-state index contributed by atoms with van der Waals surface area (Å²) < 4.78 is 14.9. The number of amides is 1. The number of benzene rings is 3. The Labute approximate surface area is 241 Å². The highest BCUT2D eigenvalue weighted by Gasteiger charge is 2.27. The molecule has 6 nitrogen and oxygen atoms in total. The number of hydrogen-bond acceptors (Lipinski definition) is 6. The first kappa shape index (κ1) is 27.9. The zero-order valence-electron chi connectivity index (χ0n) is 23.5. The summed E-state index contributed by atoms with van der Waals surface area (Å²) >= 11 is 1.38. The Morgan fingerprint density at radius 1 is 0.875 bits per heavy atom. The van der Waals surface area contributed by atoms with Crippen molar-refractivity contribution < 1.29 is 14.3 Å². The normalized spacial score (nSPS) is 13.7. The molecule has 5 rings (SSSR count). The van der Waals surface area contributed by atoms with Crippen LogP contribution in [0.3, 0.4) is 0 Å². The van der Waals surface area contributed by atoms with Crippen molar-refractivity contribution in [1.29, 1.82) is 0 Å². The van der Waals surface area contributed by atoms with E-state index >= 15 is 0 Å². The van der Waals surface area contributed by atoms with E-state index in [2.05, 4.69) is 69.9 Å². The molecule has 1 saturated carbocycles. The summed E-state index contributed by atoms with van der Waals surface area (Å²) in [6.45, 7) is 0.691. The third kappa shape index (κ3) is 6.72. The van der Waals surface area contributed by atoms with Crippen LogP contribution in [0, 0.1) is 5.92 Å². The predicted octanol–water partition coefficient (Wildman–Crippen LogP) is 7.64. The van der Waals surface area contributed by atoms with Crippen LogP contribution in [-0.2, 0) is 16.1 Å². The van der Waals surface area contributed by atoms with Crippen LogP contribution in [0.2, 0.25) is 0 Å². The van der Waals surface area contributed by atoms with Gasteiger partial charge in [0.15, 0.2) is 6.79 Å². The minimum atomic E-state index is 0.0735. The predicted molar refractivity (Wildman–Crippen MR) is 164 cm³/mol. The Balaban J connectivity index is 1.40. The highest BCUT2D eigenvalue weighted by Crippen LogP contribution is 2.34. The zero-order valence-corrected chi connectivity index (χ0v) is 24.3. The van der Waals surface area contributed by atoms with Gasteiger partial charge in [-0.3, -0.25) is 4.79 Å². The summed E-state index contributed by atoms with van der Waals surface area (Å²) in [4.78, 5) is 19.0. The molecule has 1 aliphatic carbocycles. The maximum absolute atomic E-state index is 13.9. The minimum Gasteiger partial charge on any atom is -0.450 e. The van der Waals surface area contributed by atoms with Gasteiger partial charge in [-0.05, 0) is 70.9 Å². The molecule has 0 atom stereocenters. The third-order valence-electron chi connectivity index (χ3n) is 7.49. The Hall–Kier alpha value is -3.68. The van der Waals surface area contributed by atoms with Gasteiger partial charge >= 0.3 is 0 Å². The molecule has 0 saturated heterocycles. The fraction of sp³-hybridized carbons (Fsp3) is 0.333. The third-order valence-corrected chi connectivity index (χ3v) is 8.31. The molecule has 4 aromatic rings. The first-order chi connectivity index (χ1) is 19.5. The summed E-state index contributed by atoms with van der Waals surface area (Å²) in [6.07, 6.45) is 5.39. The molecule has 0 aliphatic heterocycles. The molecule has 0 unspecified atom stereocenters. The van der Waals surface area contributed by atoms with Gasteiger partial charge in [-0.15, -0.1) is 0 Å². The molecule has 40 heavy (non-hydrogen) atoms. The van der Waals surface area contributed by atoms with Crippen LogP contribution in [0.15, 0.2) is 78.9 Å². The molecular formula is C33H37N3O3S. The average molecular weight is 556 g/mol. The molecule has 1 aliphatic rings. The summed E-state index contributed by atoms with van der Waals surface area (Å²) in [5.74, 6) is 0.830. The van der Waals surface area contributed by atoms with Crippen molar-refractivity contribution in [3.8, 4) is 27.4 Å². The highest BCUT2D eigenvalue weighted by molar-refractivity contribution is 7.09. The van der Waals surface area contributed by atoms with Gasteiger partial charge in [-0.1, -0.05) is 67.8 Å². The summed E-state index contributed by atoms with van der Waals surface area (Å²) in [6, 6.07) is 27.3. The van der Waals surface area contributed by atoms with Gasteiger partial charge < -0.3 is 19.3 Å². The molecule has 0 bridgehead atoms. The van der Waals surface area contributed by atoms with E-state index in [1.807, 2.05) is 37.2 Å². The topological polar surface area (TPSA) is 54.9 Å². The molecule has 0 spiro atoms. The Bertz CT molecular complexity index is 1390. The smallest absolute Gasteiger partial charge is 0.230 e. The lowest BCUT2D eigenvalue weighted by Gasteiger charge is -2.30. The summed E-state index contributed by atoms with van der Waals surface area (Å²) in [5.41, 5.74) is 6.55.